The summed E-state index contributed by atoms with van der Waals surface area (Å²) in [6, 6.07) is 6.52. The van der Waals surface area contributed by atoms with E-state index >= 15 is 0 Å². The maximum absolute atomic E-state index is 12.5. The van der Waals surface area contributed by atoms with Crippen LogP contribution in [0.4, 0.5) is 11.5 Å². The molecule has 1 aromatic heterocycles. The number of hydrogen-bond donors (Lipinski definition) is 1. The number of nitrogens with zero attached hydrogens (tertiary/aromatic N) is 3. The Kier molecular flexibility index (Phi) is 5.31. The van der Waals surface area contributed by atoms with Gasteiger partial charge in [-0.25, -0.2) is 9.97 Å². The fraction of sp³-hybridized carbons (Fsp3) is 0.450. The molecule has 3 rings (SSSR count). The van der Waals surface area contributed by atoms with Crippen LogP contribution >= 0.6 is 0 Å². The molecule has 0 aliphatic carbocycles. The SMILES string of the molecule is CCC1CCCCN1c1cnc(C(=O)Nc2cc(C)ccc2C)cn1. The monoisotopic (exact) mass is 338 g/mol. The van der Waals surface area contributed by atoms with Crippen LogP contribution in [0.2, 0.25) is 0 Å². The van der Waals surface area contributed by atoms with Gasteiger partial charge < -0.3 is 10.2 Å². The lowest BCUT2D eigenvalue weighted by Crippen LogP contribution is -2.39. The summed E-state index contributed by atoms with van der Waals surface area (Å²) in [6.07, 6.45) is 8.08. The predicted molar refractivity (Wildman–Crippen MR) is 101 cm³/mol. The van der Waals surface area contributed by atoms with E-state index < -0.39 is 0 Å². The lowest BCUT2D eigenvalue weighted by molar-refractivity contribution is 0.102. The summed E-state index contributed by atoms with van der Waals surface area (Å²) in [4.78, 5) is 23.6. The Labute approximate surface area is 149 Å². The average Bonchev–Trinajstić information content (AvgIpc) is 2.64. The Hall–Kier alpha value is -2.43. The second-order valence-corrected chi connectivity index (χ2v) is 6.78. The summed E-state index contributed by atoms with van der Waals surface area (Å²) >= 11 is 0. The Morgan fingerprint density at radius 2 is 2.08 bits per heavy atom. The molecule has 1 aliphatic heterocycles. The van der Waals surface area contributed by atoms with Crippen molar-refractivity contribution in [3.8, 4) is 0 Å². The first-order valence-corrected chi connectivity index (χ1v) is 9.05. The molecule has 5 nitrogen and oxygen atoms in total. The Balaban J connectivity index is 1.73. The van der Waals surface area contributed by atoms with Crippen LogP contribution in [0, 0.1) is 13.8 Å². The van der Waals surface area contributed by atoms with Crippen LogP contribution in [0.25, 0.3) is 0 Å². The summed E-state index contributed by atoms with van der Waals surface area (Å²) < 4.78 is 0. The molecule has 1 amide bonds. The molecule has 1 saturated heterocycles. The quantitative estimate of drug-likeness (QED) is 0.911. The van der Waals surface area contributed by atoms with Crippen LogP contribution in [-0.4, -0.2) is 28.5 Å². The van der Waals surface area contributed by atoms with Gasteiger partial charge in [0.1, 0.15) is 11.5 Å². The molecule has 1 atom stereocenters. The molecule has 1 fully saturated rings. The topological polar surface area (TPSA) is 58.1 Å². The van der Waals surface area contributed by atoms with Crippen LogP contribution in [0.5, 0.6) is 0 Å². The zero-order valence-corrected chi connectivity index (χ0v) is 15.2. The molecule has 5 heteroatoms. The molecule has 2 aromatic rings. The molecule has 2 heterocycles. The lowest BCUT2D eigenvalue weighted by Gasteiger charge is -2.35. The number of nitrogens with one attached hydrogen (secondary N) is 1. The van der Waals surface area contributed by atoms with Crippen molar-refractivity contribution in [2.75, 3.05) is 16.8 Å². The van der Waals surface area contributed by atoms with Gasteiger partial charge in [-0.05, 0) is 56.7 Å². The summed E-state index contributed by atoms with van der Waals surface area (Å²) in [5.74, 6) is 0.647. The maximum atomic E-state index is 12.5. The average molecular weight is 338 g/mol. The smallest absolute Gasteiger partial charge is 0.275 e. The van der Waals surface area contributed by atoms with Crippen molar-refractivity contribution >= 4 is 17.4 Å². The molecule has 0 saturated carbocycles. The lowest BCUT2D eigenvalue weighted by atomic mass is 10.0. The fourth-order valence-corrected chi connectivity index (χ4v) is 3.37. The van der Waals surface area contributed by atoms with Crippen molar-refractivity contribution in [1.29, 1.82) is 0 Å². The molecule has 25 heavy (non-hydrogen) atoms. The molecule has 1 aliphatic rings. The second-order valence-electron chi connectivity index (χ2n) is 6.78. The Morgan fingerprint density at radius 1 is 1.24 bits per heavy atom. The summed E-state index contributed by atoms with van der Waals surface area (Å²) in [7, 11) is 0. The standard InChI is InChI=1S/C20H26N4O/c1-4-16-7-5-6-10-24(16)19-13-21-18(12-22-19)20(25)23-17-11-14(2)8-9-15(17)3/h8-9,11-13,16H,4-7,10H2,1-3H3,(H,23,25). The first-order valence-electron chi connectivity index (χ1n) is 9.05. The van der Waals surface area contributed by atoms with E-state index in [2.05, 4.69) is 27.1 Å². The van der Waals surface area contributed by atoms with Crippen LogP contribution in [0.3, 0.4) is 0 Å². The van der Waals surface area contributed by atoms with Gasteiger partial charge in [0, 0.05) is 18.3 Å². The molecule has 0 radical (unpaired) electrons. The normalized spacial score (nSPS) is 17.4. The Bertz CT molecular complexity index is 742. The fourth-order valence-electron chi connectivity index (χ4n) is 3.37. The van der Waals surface area contributed by atoms with Gasteiger partial charge in [0.25, 0.3) is 5.91 Å². The number of piperidine rings is 1. The number of rotatable bonds is 4. The van der Waals surface area contributed by atoms with Crippen molar-refractivity contribution in [2.45, 2.75) is 52.5 Å². The van der Waals surface area contributed by atoms with Crippen molar-refractivity contribution in [3.05, 3.63) is 47.4 Å². The number of carbonyl (C=O) groups excluding carboxylic acids is 1. The van der Waals surface area contributed by atoms with Gasteiger partial charge in [0.15, 0.2) is 0 Å². The Morgan fingerprint density at radius 3 is 2.80 bits per heavy atom. The van der Waals surface area contributed by atoms with Crippen LogP contribution < -0.4 is 10.2 Å². The number of aryl methyl sites for hydroxylation is 2. The molecular formula is C20H26N4O. The van der Waals surface area contributed by atoms with Crippen molar-refractivity contribution in [2.24, 2.45) is 0 Å². The highest BCUT2D eigenvalue weighted by molar-refractivity contribution is 6.03. The zero-order valence-electron chi connectivity index (χ0n) is 15.2. The second kappa shape index (κ2) is 7.64. The largest absolute Gasteiger partial charge is 0.352 e. The van der Waals surface area contributed by atoms with Crippen LogP contribution in [0.1, 0.15) is 54.2 Å². The van der Waals surface area contributed by atoms with Crippen LogP contribution in [0.15, 0.2) is 30.6 Å². The van der Waals surface area contributed by atoms with E-state index in [1.807, 2.05) is 32.0 Å². The van der Waals surface area contributed by atoms with E-state index in [4.69, 9.17) is 0 Å². The van der Waals surface area contributed by atoms with Crippen molar-refractivity contribution in [3.63, 3.8) is 0 Å². The highest BCUT2D eigenvalue weighted by atomic mass is 16.1. The van der Waals surface area contributed by atoms with Gasteiger partial charge >= 0.3 is 0 Å². The minimum Gasteiger partial charge on any atom is -0.352 e. The van der Waals surface area contributed by atoms with Crippen LogP contribution in [-0.2, 0) is 0 Å². The number of aromatic nitrogens is 2. The molecule has 1 N–H and O–H groups in total. The van der Waals surface area contributed by atoms with E-state index in [-0.39, 0.29) is 5.91 Å². The predicted octanol–water partition coefficient (Wildman–Crippen LogP) is 4.11. The number of hydrogen-bond acceptors (Lipinski definition) is 4. The third kappa shape index (κ3) is 3.98. The van der Waals surface area contributed by atoms with Crippen molar-refractivity contribution < 1.29 is 4.79 Å². The van der Waals surface area contributed by atoms with Gasteiger partial charge in [-0.1, -0.05) is 19.1 Å². The summed E-state index contributed by atoms with van der Waals surface area (Å²) in [5.41, 5.74) is 3.30. The minimum absolute atomic E-state index is 0.224. The third-order valence-corrected chi connectivity index (χ3v) is 4.90. The van der Waals surface area contributed by atoms with E-state index in [1.165, 1.54) is 19.3 Å². The van der Waals surface area contributed by atoms with E-state index in [9.17, 15) is 4.79 Å². The summed E-state index contributed by atoms with van der Waals surface area (Å²) in [6.45, 7) is 7.21. The molecule has 0 bridgehead atoms. The molecular weight excluding hydrogens is 312 g/mol. The minimum atomic E-state index is -0.224. The zero-order chi connectivity index (χ0) is 17.8. The highest BCUT2D eigenvalue weighted by Gasteiger charge is 2.22. The first kappa shape index (κ1) is 17.4. The molecule has 1 unspecified atom stereocenters. The first-order chi connectivity index (χ1) is 12.1. The van der Waals surface area contributed by atoms with Gasteiger partial charge in [-0.2, -0.15) is 0 Å². The van der Waals surface area contributed by atoms with E-state index in [0.717, 1.165) is 35.6 Å². The highest BCUT2D eigenvalue weighted by Crippen LogP contribution is 2.24. The van der Waals surface area contributed by atoms with Gasteiger partial charge in [-0.15, -0.1) is 0 Å². The summed E-state index contributed by atoms with van der Waals surface area (Å²) in [5, 5.41) is 2.93. The van der Waals surface area contributed by atoms with Gasteiger partial charge in [0.2, 0.25) is 0 Å². The number of anilines is 2. The van der Waals surface area contributed by atoms with Crippen molar-refractivity contribution in [1.82, 2.24) is 9.97 Å². The van der Waals surface area contributed by atoms with E-state index in [1.54, 1.807) is 12.4 Å². The number of benzene rings is 1. The number of amides is 1. The van der Waals surface area contributed by atoms with Gasteiger partial charge in [-0.3, -0.25) is 4.79 Å². The molecule has 132 valence electrons. The third-order valence-electron chi connectivity index (χ3n) is 4.90. The number of carbonyl (C=O) groups is 1. The maximum Gasteiger partial charge on any atom is 0.275 e. The molecule has 1 aromatic carbocycles. The van der Waals surface area contributed by atoms with Gasteiger partial charge in [0.05, 0.1) is 12.4 Å². The molecule has 0 spiro atoms. The van der Waals surface area contributed by atoms with E-state index in [0.29, 0.717) is 11.7 Å².